The van der Waals surface area contributed by atoms with Crippen molar-refractivity contribution in [3.8, 4) is 0 Å². The fraction of sp³-hybridized carbons (Fsp3) is 0.500. The van der Waals surface area contributed by atoms with Crippen LogP contribution in [-0.4, -0.2) is 54.4 Å². The van der Waals surface area contributed by atoms with Crippen molar-refractivity contribution in [1.82, 2.24) is 10.2 Å². The van der Waals surface area contributed by atoms with Gasteiger partial charge in [0.2, 0.25) is 11.8 Å². The Morgan fingerprint density at radius 1 is 1.31 bits per heavy atom. The molecule has 3 rings (SSSR count). The number of hydrogen-bond donors (Lipinski definition) is 1. The molecule has 0 saturated carbocycles. The SMILES string of the molecule is COC(=O)[C@]1(CCSC)N[C@@H](c2ccc(Cl)cc2)[C@H]2C(=O)N(C)C(=O)[C@H]21. The molecule has 8 heteroatoms. The second-order valence-corrected chi connectivity index (χ2v) is 8.04. The number of likely N-dealkylation sites (tertiary alicyclic amines) is 1. The molecule has 140 valence electrons. The minimum Gasteiger partial charge on any atom is -0.468 e. The zero-order valence-electron chi connectivity index (χ0n) is 14.8. The highest BCUT2D eigenvalue weighted by molar-refractivity contribution is 7.98. The summed E-state index contributed by atoms with van der Waals surface area (Å²) in [6, 6.07) is 6.64. The lowest BCUT2D eigenvalue weighted by atomic mass is 9.78. The van der Waals surface area contributed by atoms with Gasteiger partial charge in [-0.2, -0.15) is 11.8 Å². The molecule has 2 amide bonds. The molecule has 26 heavy (non-hydrogen) atoms. The second-order valence-electron chi connectivity index (χ2n) is 6.62. The predicted octanol–water partition coefficient (Wildman–Crippen LogP) is 1.88. The largest absolute Gasteiger partial charge is 0.468 e. The number of amides is 2. The topological polar surface area (TPSA) is 75.7 Å². The van der Waals surface area contributed by atoms with Crippen LogP contribution in [0.25, 0.3) is 0 Å². The van der Waals surface area contributed by atoms with Crippen LogP contribution in [-0.2, 0) is 19.1 Å². The fourth-order valence-corrected chi connectivity index (χ4v) is 4.72. The smallest absolute Gasteiger partial charge is 0.326 e. The molecular formula is C18H21ClN2O4S. The third-order valence-corrected chi connectivity index (χ3v) is 6.22. The molecule has 0 spiro atoms. The summed E-state index contributed by atoms with van der Waals surface area (Å²) < 4.78 is 5.05. The summed E-state index contributed by atoms with van der Waals surface area (Å²) in [5, 5.41) is 3.89. The van der Waals surface area contributed by atoms with Crippen LogP contribution in [0.4, 0.5) is 0 Å². The highest BCUT2D eigenvalue weighted by Gasteiger charge is 2.67. The van der Waals surface area contributed by atoms with Gasteiger partial charge < -0.3 is 4.74 Å². The van der Waals surface area contributed by atoms with Gasteiger partial charge in [0.1, 0.15) is 5.54 Å². The van der Waals surface area contributed by atoms with Gasteiger partial charge in [-0.25, -0.2) is 0 Å². The van der Waals surface area contributed by atoms with Crippen LogP contribution in [0.3, 0.4) is 0 Å². The number of carbonyl (C=O) groups excluding carboxylic acids is 3. The van der Waals surface area contributed by atoms with E-state index in [0.29, 0.717) is 17.2 Å². The van der Waals surface area contributed by atoms with Crippen LogP contribution in [0, 0.1) is 11.8 Å². The Bertz CT molecular complexity index is 741. The van der Waals surface area contributed by atoms with Gasteiger partial charge in [-0.05, 0) is 36.1 Å². The number of fused-ring (bicyclic) bond motifs is 1. The van der Waals surface area contributed by atoms with E-state index in [1.54, 1.807) is 23.9 Å². The quantitative estimate of drug-likeness (QED) is 0.605. The number of nitrogens with zero attached hydrogens (tertiary/aromatic N) is 1. The first-order chi connectivity index (χ1) is 12.4. The minimum atomic E-state index is -1.22. The van der Waals surface area contributed by atoms with Gasteiger partial charge in [-0.1, -0.05) is 23.7 Å². The van der Waals surface area contributed by atoms with Gasteiger partial charge in [0.25, 0.3) is 0 Å². The van der Waals surface area contributed by atoms with Crippen molar-refractivity contribution >= 4 is 41.1 Å². The van der Waals surface area contributed by atoms with Crippen LogP contribution in [0.2, 0.25) is 5.02 Å². The zero-order valence-corrected chi connectivity index (χ0v) is 16.4. The van der Waals surface area contributed by atoms with E-state index in [9.17, 15) is 14.4 Å². The lowest BCUT2D eigenvalue weighted by Gasteiger charge is -2.32. The molecular weight excluding hydrogens is 376 g/mol. The molecule has 0 bridgehead atoms. The molecule has 0 aromatic heterocycles. The molecule has 2 aliphatic rings. The number of nitrogens with one attached hydrogen (secondary N) is 1. The van der Waals surface area contributed by atoms with Crippen LogP contribution >= 0.6 is 23.4 Å². The summed E-state index contributed by atoms with van der Waals surface area (Å²) in [5.41, 5.74) is -0.402. The summed E-state index contributed by atoms with van der Waals surface area (Å²) >= 11 is 7.55. The average molecular weight is 397 g/mol. The van der Waals surface area contributed by atoms with Gasteiger partial charge in [0, 0.05) is 18.1 Å². The van der Waals surface area contributed by atoms with E-state index < -0.39 is 29.4 Å². The van der Waals surface area contributed by atoms with Gasteiger partial charge >= 0.3 is 5.97 Å². The molecule has 1 N–H and O–H groups in total. The van der Waals surface area contributed by atoms with E-state index in [1.165, 1.54) is 14.2 Å². The molecule has 1 aromatic rings. The zero-order chi connectivity index (χ0) is 19.1. The number of rotatable bonds is 5. The lowest BCUT2D eigenvalue weighted by molar-refractivity contribution is -0.154. The standard InChI is InChI=1S/C18H21ClN2O4S/c1-21-15(22)12-13(16(21)23)18(8-9-26-3,17(24)25-2)20-14(12)10-4-6-11(19)7-5-10/h4-7,12-14,20H,8-9H2,1-3H3/t12-,13-,14-,18+/m0/s1. The van der Waals surface area contributed by atoms with Gasteiger partial charge in [0.05, 0.1) is 18.9 Å². The Hall–Kier alpha value is -1.57. The van der Waals surface area contributed by atoms with Crippen molar-refractivity contribution in [2.75, 3.05) is 26.2 Å². The molecule has 2 aliphatic heterocycles. The molecule has 0 radical (unpaired) electrons. The first kappa shape index (κ1) is 19.2. The highest BCUT2D eigenvalue weighted by atomic mass is 35.5. The number of benzene rings is 1. The molecule has 2 saturated heterocycles. The molecule has 2 fully saturated rings. The first-order valence-corrected chi connectivity index (χ1v) is 10.1. The van der Waals surface area contributed by atoms with Gasteiger partial charge in [-0.3, -0.25) is 24.6 Å². The van der Waals surface area contributed by atoms with E-state index in [2.05, 4.69) is 5.32 Å². The Morgan fingerprint density at radius 3 is 2.54 bits per heavy atom. The summed E-state index contributed by atoms with van der Waals surface area (Å²) in [7, 11) is 2.78. The summed E-state index contributed by atoms with van der Waals surface area (Å²) in [5.74, 6) is -1.88. The average Bonchev–Trinajstić information content (AvgIpc) is 3.10. The van der Waals surface area contributed by atoms with E-state index in [1.807, 2.05) is 18.4 Å². The maximum absolute atomic E-state index is 12.9. The molecule has 4 atom stereocenters. The first-order valence-electron chi connectivity index (χ1n) is 8.29. The van der Waals surface area contributed by atoms with Crippen molar-refractivity contribution in [1.29, 1.82) is 0 Å². The number of imide groups is 1. The molecule has 2 heterocycles. The minimum absolute atomic E-state index is 0.276. The highest BCUT2D eigenvalue weighted by Crippen LogP contribution is 2.50. The summed E-state index contributed by atoms with van der Waals surface area (Å²) in [4.78, 5) is 39.6. The van der Waals surface area contributed by atoms with Crippen molar-refractivity contribution in [3.05, 3.63) is 34.9 Å². The van der Waals surface area contributed by atoms with Crippen molar-refractivity contribution < 1.29 is 19.1 Å². The van der Waals surface area contributed by atoms with E-state index in [-0.39, 0.29) is 11.8 Å². The summed E-state index contributed by atoms with van der Waals surface area (Å²) in [6.45, 7) is 0. The van der Waals surface area contributed by atoms with Crippen molar-refractivity contribution in [3.63, 3.8) is 0 Å². The third-order valence-electron chi connectivity index (χ3n) is 5.35. The van der Waals surface area contributed by atoms with Gasteiger partial charge in [0.15, 0.2) is 0 Å². The van der Waals surface area contributed by atoms with Crippen LogP contribution in [0.15, 0.2) is 24.3 Å². The third kappa shape index (κ3) is 2.82. The maximum atomic E-state index is 12.9. The van der Waals surface area contributed by atoms with Crippen LogP contribution < -0.4 is 5.32 Å². The van der Waals surface area contributed by atoms with E-state index >= 15 is 0 Å². The molecule has 0 aliphatic carbocycles. The monoisotopic (exact) mass is 396 g/mol. The fourth-order valence-electron chi connectivity index (χ4n) is 4.07. The Labute approximate surface area is 161 Å². The number of carbonyl (C=O) groups is 3. The molecule has 0 unspecified atom stereocenters. The lowest BCUT2D eigenvalue weighted by Crippen LogP contribution is -2.56. The van der Waals surface area contributed by atoms with Crippen molar-refractivity contribution in [2.45, 2.75) is 18.0 Å². The number of ether oxygens (including phenoxy) is 1. The Balaban J connectivity index is 2.11. The normalized spacial score (nSPS) is 30.6. The predicted molar refractivity (Wildman–Crippen MR) is 99.8 cm³/mol. The van der Waals surface area contributed by atoms with Crippen LogP contribution in [0.1, 0.15) is 18.0 Å². The summed E-state index contributed by atoms with van der Waals surface area (Å²) in [6.07, 6.45) is 2.33. The number of methoxy groups -OCH3 is 1. The Kier molecular flexibility index (Phi) is 5.33. The Morgan fingerprint density at radius 2 is 1.96 bits per heavy atom. The van der Waals surface area contributed by atoms with Crippen molar-refractivity contribution in [2.24, 2.45) is 11.8 Å². The number of halogens is 1. The number of thioether (sulfide) groups is 1. The van der Waals surface area contributed by atoms with Gasteiger partial charge in [-0.15, -0.1) is 0 Å². The number of esters is 1. The van der Waals surface area contributed by atoms with Crippen LogP contribution in [0.5, 0.6) is 0 Å². The second kappa shape index (κ2) is 7.21. The molecule has 1 aromatic carbocycles. The van der Waals surface area contributed by atoms with E-state index in [4.69, 9.17) is 16.3 Å². The number of hydrogen-bond acceptors (Lipinski definition) is 6. The van der Waals surface area contributed by atoms with E-state index in [0.717, 1.165) is 10.5 Å². The molecule has 6 nitrogen and oxygen atoms in total. The maximum Gasteiger partial charge on any atom is 0.326 e.